The standard InChI is InChI=1S/C36H53NO4/c1-22-12-17-36(39-21-22)23(2)32-31(41-36)20-29-27-11-10-25-19-26(13-15-34(25,3)28(27)14-16-35(29,32)4)40-33(38)30(37)18-24-8-6-5-7-9-24/h5-9,22-23,25-32H,10-21,37H2,1-4H3/t22-,23-,25?,26+,27?,28?,29?,30?,31?,32?,34-,35-,36+/m0/s1. The van der Waals surface area contributed by atoms with Crippen LogP contribution in [0.15, 0.2) is 30.3 Å². The van der Waals surface area contributed by atoms with Gasteiger partial charge < -0.3 is 19.9 Å². The fourth-order valence-electron chi connectivity index (χ4n) is 11.5. The van der Waals surface area contributed by atoms with Gasteiger partial charge in [0.1, 0.15) is 12.1 Å². The van der Waals surface area contributed by atoms with Crippen molar-refractivity contribution in [1.82, 2.24) is 0 Å². The van der Waals surface area contributed by atoms with Crippen molar-refractivity contribution in [3.63, 3.8) is 0 Å². The molecule has 7 rings (SSSR count). The molecule has 41 heavy (non-hydrogen) atoms. The average molecular weight is 564 g/mol. The normalized spacial score (nSPS) is 49.4. The lowest BCUT2D eigenvalue weighted by molar-refractivity contribution is -0.273. The van der Waals surface area contributed by atoms with E-state index in [1.807, 2.05) is 30.3 Å². The van der Waals surface area contributed by atoms with Crippen LogP contribution < -0.4 is 5.73 Å². The van der Waals surface area contributed by atoms with E-state index >= 15 is 0 Å². The highest BCUT2D eigenvalue weighted by Gasteiger charge is 2.69. The van der Waals surface area contributed by atoms with Gasteiger partial charge in [0.2, 0.25) is 0 Å². The Kier molecular flexibility index (Phi) is 7.15. The van der Waals surface area contributed by atoms with Crippen molar-refractivity contribution in [1.29, 1.82) is 0 Å². The third kappa shape index (κ3) is 4.54. The van der Waals surface area contributed by atoms with Crippen molar-refractivity contribution in [2.24, 2.45) is 58.0 Å². The van der Waals surface area contributed by atoms with E-state index in [0.29, 0.717) is 47.0 Å². The fraction of sp³-hybridized carbons (Fsp3) is 0.806. The van der Waals surface area contributed by atoms with Crippen molar-refractivity contribution in [3.05, 3.63) is 35.9 Å². The number of rotatable bonds is 4. The van der Waals surface area contributed by atoms with Gasteiger partial charge in [0.15, 0.2) is 5.79 Å². The maximum Gasteiger partial charge on any atom is 0.323 e. The van der Waals surface area contributed by atoms with E-state index < -0.39 is 6.04 Å². The van der Waals surface area contributed by atoms with Crippen molar-refractivity contribution < 1.29 is 19.0 Å². The second-order valence-corrected chi connectivity index (χ2v) is 15.8. The molecule has 1 spiro atoms. The summed E-state index contributed by atoms with van der Waals surface area (Å²) in [5, 5.41) is 0. The van der Waals surface area contributed by atoms with E-state index in [4.69, 9.17) is 19.9 Å². The SMILES string of the molecule is C[C@H]1CC[C@@]2(OC1)OC1CC3C4CCC5C[C@H](OC(=O)C(N)Cc6ccccc6)CC[C@]5(C)C4CC[C@]3(C)C1[C@@H]2C. The third-order valence-corrected chi connectivity index (χ3v) is 13.8. The molecular formula is C36H53NO4. The summed E-state index contributed by atoms with van der Waals surface area (Å²) in [5.41, 5.74) is 8.09. The van der Waals surface area contributed by atoms with Gasteiger partial charge in [0.05, 0.1) is 12.7 Å². The molecule has 7 unspecified atom stereocenters. The Hall–Kier alpha value is -1.43. The second-order valence-electron chi connectivity index (χ2n) is 15.8. The van der Waals surface area contributed by atoms with Gasteiger partial charge in [0, 0.05) is 12.3 Å². The van der Waals surface area contributed by atoms with Gasteiger partial charge in [-0.25, -0.2) is 0 Å². The zero-order chi connectivity index (χ0) is 28.6. The minimum absolute atomic E-state index is 0.0160. The van der Waals surface area contributed by atoms with Gasteiger partial charge in [0.25, 0.3) is 0 Å². The van der Waals surface area contributed by atoms with Crippen molar-refractivity contribution in [2.75, 3.05) is 6.61 Å². The number of hydrogen-bond donors (Lipinski definition) is 1. The molecule has 4 aliphatic carbocycles. The first-order chi connectivity index (χ1) is 19.6. The summed E-state index contributed by atoms with van der Waals surface area (Å²) in [7, 11) is 0. The molecule has 2 saturated heterocycles. The summed E-state index contributed by atoms with van der Waals surface area (Å²) >= 11 is 0. The first-order valence-electron chi connectivity index (χ1n) is 16.9. The van der Waals surface area contributed by atoms with E-state index in [2.05, 4.69) is 27.7 Å². The Labute approximate surface area is 247 Å². The minimum Gasteiger partial charge on any atom is -0.461 e. The van der Waals surface area contributed by atoms with Gasteiger partial charge in [-0.05, 0) is 116 Å². The van der Waals surface area contributed by atoms with Crippen LogP contribution in [0.4, 0.5) is 0 Å². The van der Waals surface area contributed by atoms with Gasteiger partial charge in [-0.15, -0.1) is 0 Å². The summed E-state index contributed by atoms with van der Waals surface area (Å²) in [6.07, 6.45) is 12.9. The van der Waals surface area contributed by atoms with Gasteiger partial charge >= 0.3 is 5.97 Å². The molecule has 226 valence electrons. The molecule has 2 N–H and O–H groups in total. The molecule has 2 heterocycles. The van der Waals surface area contributed by atoms with Crippen LogP contribution in [0.25, 0.3) is 0 Å². The Morgan fingerprint density at radius 3 is 2.51 bits per heavy atom. The molecule has 6 fully saturated rings. The molecule has 0 bridgehead atoms. The van der Waals surface area contributed by atoms with Crippen molar-refractivity contribution in [2.45, 2.75) is 122 Å². The lowest BCUT2D eigenvalue weighted by atomic mass is 9.44. The van der Waals surface area contributed by atoms with E-state index in [1.165, 1.54) is 44.9 Å². The van der Waals surface area contributed by atoms with Crippen molar-refractivity contribution in [3.8, 4) is 0 Å². The highest BCUT2D eigenvalue weighted by atomic mass is 16.7. The van der Waals surface area contributed by atoms with Crippen LogP contribution >= 0.6 is 0 Å². The highest BCUT2D eigenvalue weighted by molar-refractivity contribution is 5.76. The van der Waals surface area contributed by atoms with Crippen LogP contribution in [0.5, 0.6) is 0 Å². The maximum atomic E-state index is 12.9. The van der Waals surface area contributed by atoms with E-state index in [-0.39, 0.29) is 17.9 Å². The number of esters is 1. The van der Waals surface area contributed by atoms with E-state index in [9.17, 15) is 4.79 Å². The zero-order valence-corrected chi connectivity index (χ0v) is 25.9. The Morgan fingerprint density at radius 2 is 1.76 bits per heavy atom. The molecule has 5 nitrogen and oxygen atoms in total. The number of carbonyl (C=O) groups excluding carboxylic acids is 1. The largest absolute Gasteiger partial charge is 0.461 e. The first-order valence-corrected chi connectivity index (χ1v) is 16.9. The topological polar surface area (TPSA) is 70.8 Å². The van der Waals surface area contributed by atoms with Crippen LogP contribution in [0.1, 0.15) is 97.5 Å². The summed E-state index contributed by atoms with van der Waals surface area (Å²) in [4.78, 5) is 12.9. The van der Waals surface area contributed by atoms with Crippen LogP contribution in [0, 0.1) is 52.3 Å². The number of nitrogens with two attached hydrogens (primary N) is 1. The molecule has 13 atom stereocenters. The van der Waals surface area contributed by atoms with Gasteiger partial charge in [-0.3, -0.25) is 4.79 Å². The molecule has 6 aliphatic rings. The molecule has 0 aromatic heterocycles. The quantitative estimate of drug-likeness (QED) is 0.403. The Bertz CT molecular complexity index is 1120. The summed E-state index contributed by atoms with van der Waals surface area (Å²) < 4.78 is 19.6. The van der Waals surface area contributed by atoms with Gasteiger partial charge in [-0.2, -0.15) is 0 Å². The number of carbonyl (C=O) groups is 1. The summed E-state index contributed by atoms with van der Waals surface area (Å²) in [5.74, 6) is 4.20. The number of benzene rings is 1. The molecular weight excluding hydrogens is 510 g/mol. The maximum absolute atomic E-state index is 12.9. The predicted molar refractivity (Wildman–Crippen MR) is 160 cm³/mol. The Morgan fingerprint density at radius 1 is 0.976 bits per heavy atom. The average Bonchev–Trinajstić information content (AvgIpc) is 3.40. The van der Waals surface area contributed by atoms with Crippen LogP contribution in [0.2, 0.25) is 0 Å². The third-order valence-electron chi connectivity index (χ3n) is 13.8. The van der Waals surface area contributed by atoms with Crippen LogP contribution in [-0.4, -0.2) is 36.6 Å². The fourth-order valence-corrected chi connectivity index (χ4v) is 11.5. The van der Waals surface area contributed by atoms with E-state index in [0.717, 1.165) is 49.2 Å². The smallest absolute Gasteiger partial charge is 0.323 e. The Balaban J connectivity index is 1.00. The molecule has 4 saturated carbocycles. The lowest BCUT2D eigenvalue weighted by Gasteiger charge is -2.61. The molecule has 2 aliphatic heterocycles. The summed E-state index contributed by atoms with van der Waals surface area (Å²) in [6, 6.07) is 9.44. The molecule has 1 aromatic rings. The molecule has 0 amide bonds. The zero-order valence-electron chi connectivity index (χ0n) is 25.9. The lowest BCUT2D eigenvalue weighted by Crippen LogP contribution is -2.55. The highest BCUT2D eigenvalue weighted by Crippen LogP contribution is 2.71. The number of fused-ring (bicyclic) bond motifs is 7. The van der Waals surface area contributed by atoms with E-state index in [1.54, 1.807) is 0 Å². The number of hydrogen-bond acceptors (Lipinski definition) is 5. The minimum atomic E-state index is -0.592. The predicted octanol–water partition coefficient (Wildman–Crippen LogP) is 6.91. The van der Waals surface area contributed by atoms with Crippen molar-refractivity contribution >= 4 is 5.97 Å². The van der Waals surface area contributed by atoms with Crippen LogP contribution in [0.3, 0.4) is 0 Å². The molecule has 1 aromatic carbocycles. The van der Waals surface area contributed by atoms with Gasteiger partial charge in [-0.1, -0.05) is 58.0 Å². The molecule has 0 radical (unpaired) electrons. The summed E-state index contributed by atoms with van der Waals surface area (Å²) in [6.45, 7) is 10.8. The first kappa shape index (κ1) is 28.3. The second kappa shape index (κ2) is 10.3. The number of ether oxygens (including phenoxy) is 3. The molecule has 5 heteroatoms. The van der Waals surface area contributed by atoms with Crippen LogP contribution in [-0.2, 0) is 25.4 Å². The monoisotopic (exact) mass is 563 g/mol.